The van der Waals surface area contributed by atoms with Gasteiger partial charge in [0.1, 0.15) is 10.7 Å². The van der Waals surface area contributed by atoms with Crippen LogP contribution in [0.1, 0.15) is 21.7 Å². The van der Waals surface area contributed by atoms with Crippen LogP contribution in [0.4, 0.5) is 0 Å². The maximum absolute atomic E-state index is 4.64. The summed E-state index contributed by atoms with van der Waals surface area (Å²) in [5, 5.41) is 4.71. The van der Waals surface area contributed by atoms with Crippen molar-refractivity contribution in [2.45, 2.75) is 20.0 Å². The molecule has 1 aliphatic heterocycles. The largest absolute Gasteiger partial charge is 0.365 e. The molecule has 0 radical (unpaired) electrons. The molecule has 0 atom stereocenters. The van der Waals surface area contributed by atoms with Gasteiger partial charge < -0.3 is 5.32 Å². The second-order valence-corrected chi connectivity index (χ2v) is 6.22. The molecule has 0 bridgehead atoms. The van der Waals surface area contributed by atoms with Crippen LogP contribution in [0.15, 0.2) is 47.5 Å². The lowest BCUT2D eigenvalue weighted by molar-refractivity contribution is 0.912. The van der Waals surface area contributed by atoms with E-state index >= 15 is 0 Å². The first-order valence-corrected chi connectivity index (χ1v) is 7.84. The Hall–Kier alpha value is -2.20. The molecule has 3 nitrogen and oxygen atoms in total. The van der Waals surface area contributed by atoms with E-state index in [1.807, 2.05) is 13.0 Å². The van der Waals surface area contributed by atoms with Crippen molar-refractivity contribution in [1.82, 2.24) is 10.3 Å². The molecule has 1 N–H and O–H groups in total. The molecule has 1 aromatic carbocycles. The van der Waals surface area contributed by atoms with Crippen LogP contribution in [0.2, 0.25) is 0 Å². The lowest BCUT2D eigenvalue weighted by Gasteiger charge is -2.05. The van der Waals surface area contributed by atoms with Gasteiger partial charge in [-0.15, -0.1) is 11.3 Å². The Morgan fingerprint density at radius 1 is 1.14 bits per heavy atom. The van der Waals surface area contributed by atoms with Crippen LogP contribution in [-0.2, 0) is 13.1 Å². The SMILES string of the molecule is Cc1ccc2c3c(sc2n1)C(NCc1ccccc1)=NC3. The van der Waals surface area contributed by atoms with Crippen molar-refractivity contribution in [3.8, 4) is 0 Å². The molecule has 1 aliphatic rings. The molecule has 0 spiro atoms. The number of hydrogen-bond donors (Lipinski definition) is 1. The van der Waals surface area contributed by atoms with Gasteiger partial charge in [-0.2, -0.15) is 0 Å². The summed E-state index contributed by atoms with van der Waals surface area (Å²) in [6.45, 7) is 3.60. The number of aliphatic imine (C=N–C) groups is 1. The molecular formula is C17H15N3S. The van der Waals surface area contributed by atoms with Crippen LogP contribution in [0, 0.1) is 6.92 Å². The number of hydrogen-bond acceptors (Lipinski definition) is 4. The average Bonchev–Trinajstić information content (AvgIpc) is 3.04. The highest BCUT2D eigenvalue weighted by molar-refractivity contribution is 7.20. The summed E-state index contributed by atoms with van der Waals surface area (Å²) >= 11 is 1.74. The van der Waals surface area contributed by atoms with E-state index in [1.165, 1.54) is 21.4 Å². The third-order valence-corrected chi connectivity index (χ3v) is 4.86. The average molecular weight is 293 g/mol. The van der Waals surface area contributed by atoms with Crippen LogP contribution in [0.3, 0.4) is 0 Å². The number of benzene rings is 1. The monoisotopic (exact) mass is 293 g/mol. The highest BCUT2D eigenvalue weighted by atomic mass is 32.1. The second kappa shape index (κ2) is 4.97. The van der Waals surface area contributed by atoms with Gasteiger partial charge in [-0.25, -0.2) is 4.98 Å². The molecule has 2 aromatic heterocycles. The van der Waals surface area contributed by atoms with E-state index in [0.29, 0.717) is 0 Å². The number of amidine groups is 1. The molecule has 3 aromatic rings. The number of nitrogens with one attached hydrogen (secondary N) is 1. The minimum atomic E-state index is 0.761. The van der Waals surface area contributed by atoms with Gasteiger partial charge in [-0.05, 0) is 24.6 Å². The Morgan fingerprint density at radius 3 is 2.86 bits per heavy atom. The molecule has 0 fully saturated rings. The fourth-order valence-electron chi connectivity index (χ4n) is 2.62. The summed E-state index contributed by atoms with van der Waals surface area (Å²) in [7, 11) is 0. The lowest BCUT2D eigenvalue weighted by Crippen LogP contribution is -2.21. The highest BCUT2D eigenvalue weighted by Gasteiger charge is 2.22. The Morgan fingerprint density at radius 2 is 2.00 bits per heavy atom. The quantitative estimate of drug-likeness (QED) is 0.783. The number of thiophene rings is 1. The van der Waals surface area contributed by atoms with Crippen molar-refractivity contribution < 1.29 is 0 Å². The normalized spacial score (nSPS) is 13.3. The third-order valence-electron chi connectivity index (χ3n) is 3.71. The van der Waals surface area contributed by atoms with E-state index < -0.39 is 0 Å². The van der Waals surface area contributed by atoms with Crippen molar-refractivity contribution in [2.75, 3.05) is 0 Å². The van der Waals surface area contributed by atoms with Gasteiger partial charge in [0.05, 0.1) is 11.4 Å². The molecule has 0 saturated carbocycles. The number of aromatic nitrogens is 1. The smallest absolute Gasteiger partial charge is 0.139 e. The van der Waals surface area contributed by atoms with Crippen molar-refractivity contribution >= 4 is 27.4 Å². The van der Waals surface area contributed by atoms with E-state index in [4.69, 9.17) is 0 Å². The van der Waals surface area contributed by atoms with Crippen molar-refractivity contribution in [3.63, 3.8) is 0 Å². The van der Waals surface area contributed by atoms with Gasteiger partial charge in [0.25, 0.3) is 0 Å². The molecule has 0 saturated heterocycles. The molecule has 104 valence electrons. The van der Waals surface area contributed by atoms with E-state index in [-0.39, 0.29) is 0 Å². The minimum absolute atomic E-state index is 0.761. The fourth-order valence-corrected chi connectivity index (χ4v) is 3.83. The zero-order valence-electron chi connectivity index (χ0n) is 11.8. The van der Waals surface area contributed by atoms with Gasteiger partial charge in [-0.3, -0.25) is 4.99 Å². The summed E-state index contributed by atoms with van der Waals surface area (Å²) in [6, 6.07) is 14.6. The first-order valence-electron chi connectivity index (χ1n) is 7.03. The van der Waals surface area contributed by atoms with Crippen LogP contribution in [-0.4, -0.2) is 10.8 Å². The standard InChI is InChI=1S/C17H15N3S/c1-11-7-8-13-14-10-19-16(15(14)21-17(13)20-11)18-9-12-5-3-2-4-6-12/h2-8H,9-10H2,1H3,(H,18,19). The number of rotatable bonds is 2. The first-order chi connectivity index (χ1) is 10.3. The first kappa shape index (κ1) is 12.5. The number of nitrogens with zero attached hydrogens (tertiary/aromatic N) is 2. The molecule has 4 heteroatoms. The zero-order chi connectivity index (χ0) is 14.2. The van der Waals surface area contributed by atoms with Crippen molar-refractivity contribution in [1.29, 1.82) is 0 Å². The molecular weight excluding hydrogens is 278 g/mol. The van der Waals surface area contributed by atoms with E-state index in [9.17, 15) is 0 Å². The number of fused-ring (bicyclic) bond motifs is 3. The summed E-state index contributed by atoms with van der Waals surface area (Å²) in [5.74, 6) is 1.01. The van der Waals surface area contributed by atoms with Crippen LogP contribution >= 0.6 is 11.3 Å². The molecule has 21 heavy (non-hydrogen) atoms. The third kappa shape index (κ3) is 2.21. The van der Waals surface area contributed by atoms with E-state index in [1.54, 1.807) is 11.3 Å². The Labute approximate surface area is 127 Å². The van der Waals surface area contributed by atoms with Crippen LogP contribution in [0.5, 0.6) is 0 Å². The molecule has 0 aliphatic carbocycles. The number of pyridine rings is 1. The fraction of sp³-hybridized carbons (Fsp3) is 0.176. The van der Waals surface area contributed by atoms with Gasteiger partial charge in [0.2, 0.25) is 0 Å². The maximum Gasteiger partial charge on any atom is 0.139 e. The number of aryl methyl sites for hydroxylation is 1. The van der Waals surface area contributed by atoms with Gasteiger partial charge in [0.15, 0.2) is 0 Å². The van der Waals surface area contributed by atoms with Gasteiger partial charge in [0, 0.05) is 23.2 Å². The van der Waals surface area contributed by atoms with Crippen LogP contribution in [0.25, 0.3) is 10.2 Å². The highest BCUT2D eigenvalue weighted by Crippen LogP contribution is 2.34. The summed E-state index contributed by atoms with van der Waals surface area (Å²) in [6.07, 6.45) is 0. The summed E-state index contributed by atoms with van der Waals surface area (Å²) < 4.78 is 0. The summed E-state index contributed by atoms with van der Waals surface area (Å²) in [4.78, 5) is 11.6. The Balaban J connectivity index is 1.62. The van der Waals surface area contributed by atoms with Gasteiger partial charge >= 0.3 is 0 Å². The van der Waals surface area contributed by atoms with Crippen molar-refractivity contribution in [2.24, 2.45) is 4.99 Å². The second-order valence-electron chi connectivity index (χ2n) is 5.22. The zero-order valence-corrected chi connectivity index (χ0v) is 12.6. The molecule has 4 rings (SSSR count). The molecule has 3 heterocycles. The predicted octanol–water partition coefficient (Wildman–Crippen LogP) is 3.65. The van der Waals surface area contributed by atoms with Gasteiger partial charge in [-0.1, -0.05) is 30.3 Å². The maximum atomic E-state index is 4.64. The Kier molecular flexibility index (Phi) is 2.97. The van der Waals surface area contributed by atoms with E-state index in [2.05, 4.69) is 51.7 Å². The minimum Gasteiger partial charge on any atom is -0.365 e. The lowest BCUT2D eigenvalue weighted by atomic mass is 10.2. The van der Waals surface area contributed by atoms with Crippen LogP contribution < -0.4 is 5.32 Å². The predicted molar refractivity (Wildman–Crippen MR) is 87.9 cm³/mol. The van der Waals surface area contributed by atoms with E-state index in [0.717, 1.165) is 29.4 Å². The Bertz CT molecular complexity index is 834. The topological polar surface area (TPSA) is 37.3 Å². The van der Waals surface area contributed by atoms with Crippen molar-refractivity contribution in [3.05, 3.63) is 64.2 Å². The summed E-state index contributed by atoms with van der Waals surface area (Å²) in [5.41, 5.74) is 3.65. The molecule has 0 unspecified atom stereocenters. The molecule has 0 amide bonds.